The van der Waals surface area contributed by atoms with E-state index in [1.54, 1.807) is 34.1 Å². The molecule has 0 heterocycles. The van der Waals surface area contributed by atoms with Gasteiger partial charge in [-0.2, -0.15) is 0 Å². The number of nitrogens with zero attached hydrogens (tertiary/aromatic N) is 2. The first-order chi connectivity index (χ1) is 20.7. The van der Waals surface area contributed by atoms with Gasteiger partial charge in [0.05, 0.1) is 0 Å². The molecule has 0 saturated heterocycles. The largest absolute Gasteiger partial charge is 0.423 e. The Morgan fingerprint density at radius 2 is 0.818 bits per heavy atom. The van der Waals surface area contributed by atoms with Crippen molar-refractivity contribution >= 4 is 35.7 Å². The number of carbonyl (C=O) groups excluding carboxylic acids is 6. The quantitative estimate of drug-likeness (QED) is 0.285. The Bertz CT molecular complexity index is 1320. The van der Waals surface area contributed by atoms with Crippen LogP contribution in [-0.2, 0) is 41.9 Å². The summed E-state index contributed by atoms with van der Waals surface area (Å²) in [6.45, 7) is 8.47. The molecule has 2 aromatic rings. The Labute approximate surface area is 256 Å². The van der Waals surface area contributed by atoms with Crippen LogP contribution in [0.15, 0.2) is 36.4 Å². The summed E-state index contributed by atoms with van der Waals surface area (Å²) in [5.41, 5.74) is 1.39. The van der Waals surface area contributed by atoms with Crippen LogP contribution < -0.4 is 18.9 Å². The van der Waals surface area contributed by atoms with Gasteiger partial charge in [-0.25, -0.2) is 0 Å². The van der Waals surface area contributed by atoms with E-state index in [-0.39, 0.29) is 60.0 Å². The number of ether oxygens (including phenoxy) is 4. The molecule has 0 radical (unpaired) electrons. The fourth-order valence-electron chi connectivity index (χ4n) is 5.32. The van der Waals surface area contributed by atoms with Crippen LogP contribution in [-0.4, -0.2) is 57.6 Å². The van der Waals surface area contributed by atoms with E-state index in [1.165, 1.54) is 53.7 Å². The van der Waals surface area contributed by atoms with Crippen molar-refractivity contribution in [3.63, 3.8) is 0 Å². The van der Waals surface area contributed by atoms with Gasteiger partial charge in [0.25, 0.3) is 0 Å². The number of benzene rings is 2. The van der Waals surface area contributed by atoms with E-state index in [4.69, 9.17) is 18.9 Å². The monoisotopic (exact) mass is 610 g/mol. The van der Waals surface area contributed by atoms with Crippen molar-refractivity contribution in [3.05, 3.63) is 47.5 Å². The van der Waals surface area contributed by atoms with Crippen molar-refractivity contribution in [2.24, 2.45) is 0 Å². The van der Waals surface area contributed by atoms with Crippen molar-refractivity contribution < 1.29 is 47.7 Å². The van der Waals surface area contributed by atoms with E-state index in [0.29, 0.717) is 36.8 Å². The molecule has 0 aromatic heterocycles. The average Bonchev–Trinajstić information content (AvgIpc) is 2.92. The van der Waals surface area contributed by atoms with E-state index >= 15 is 0 Å². The zero-order valence-corrected chi connectivity index (χ0v) is 25.8. The van der Waals surface area contributed by atoms with E-state index in [1.807, 2.05) is 0 Å². The number of rotatable bonds is 10. The van der Waals surface area contributed by atoms with Crippen LogP contribution in [0.1, 0.15) is 78.4 Å². The minimum atomic E-state index is -0.574. The molecule has 3 rings (SSSR count). The number of esters is 4. The SMILES string of the molecule is CC(=O)Oc1ccc(CN(C(C)=O)C2CCC(N(Cc3ccc(OC(C)=O)c(OC(C)=O)c3)C(C)=O)CC2)cc1OC(C)=O. The van der Waals surface area contributed by atoms with E-state index in [2.05, 4.69) is 0 Å². The highest BCUT2D eigenvalue weighted by molar-refractivity contribution is 5.76. The van der Waals surface area contributed by atoms with Crippen LogP contribution in [0, 0.1) is 0 Å². The van der Waals surface area contributed by atoms with Crippen LogP contribution in [0.25, 0.3) is 0 Å². The molecule has 0 unspecified atom stereocenters. The second-order valence-corrected chi connectivity index (χ2v) is 10.7. The highest BCUT2D eigenvalue weighted by atomic mass is 16.6. The molecule has 0 bridgehead atoms. The van der Waals surface area contributed by atoms with Gasteiger partial charge in [-0.15, -0.1) is 0 Å². The summed E-state index contributed by atoms with van der Waals surface area (Å²) in [5.74, 6) is -2.12. The third kappa shape index (κ3) is 9.65. The zero-order valence-electron chi connectivity index (χ0n) is 25.8. The topological polar surface area (TPSA) is 146 Å². The van der Waals surface area contributed by atoms with Crippen molar-refractivity contribution in [3.8, 4) is 23.0 Å². The molecule has 236 valence electrons. The van der Waals surface area contributed by atoms with Crippen LogP contribution in [0.5, 0.6) is 23.0 Å². The number of carbonyl (C=O) groups is 6. The minimum Gasteiger partial charge on any atom is -0.423 e. The Morgan fingerprint density at radius 1 is 0.523 bits per heavy atom. The first kappa shape index (κ1) is 33.8. The molecule has 1 fully saturated rings. The minimum absolute atomic E-state index is 0.0820. The second kappa shape index (κ2) is 15.1. The summed E-state index contributed by atoms with van der Waals surface area (Å²) in [7, 11) is 0. The number of hydrogen-bond acceptors (Lipinski definition) is 10. The van der Waals surface area contributed by atoms with Gasteiger partial charge in [0.2, 0.25) is 11.8 Å². The summed E-state index contributed by atoms with van der Waals surface area (Å²) in [5, 5.41) is 0. The average molecular weight is 611 g/mol. The standard InChI is InChI=1S/C32H38N2O10/c1-19(35)33(17-25-7-13-29(41-21(3)37)31(15-25)43-23(5)39)27-9-11-28(12-10-27)34(20(2)36)18-26-8-14-30(42-22(4)38)32(16-26)44-24(6)40/h7-8,13-16,27-28H,9-12,17-18H2,1-6H3. The normalized spacial score (nSPS) is 15.9. The highest BCUT2D eigenvalue weighted by Crippen LogP contribution is 2.34. The molecule has 44 heavy (non-hydrogen) atoms. The van der Waals surface area contributed by atoms with Crippen molar-refractivity contribution in [1.29, 1.82) is 0 Å². The maximum absolute atomic E-state index is 12.7. The second-order valence-electron chi connectivity index (χ2n) is 10.7. The summed E-state index contributed by atoms with van der Waals surface area (Å²) in [4.78, 5) is 75.1. The Balaban J connectivity index is 1.73. The smallest absolute Gasteiger partial charge is 0.308 e. The molecule has 1 aliphatic rings. The zero-order chi connectivity index (χ0) is 32.6. The third-order valence-electron chi connectivity index (χ3n) is 7.09. The molecule has 1 saturated carbocycles. The van der Waals surface area contributed by atoms with Crippen LogP contribution in [0.3, 0.4) is 0 Å². The van der Waals surface area contributed by atoms with Gasteiger partial charge >= 0.3 is 23.9 Å². The lowest BCUT2D eigenvalue weighted by atomic mass is 9.88. The lowest BCUT2D eigenvalue weighted by Gasteiger charge is -2.40. The van der Waals surface area contributed by atoms with E-state index < -0.39 is 23.9 Å². The summed E-state index contributed by atoms with van der Waals surface area (Å²) in [6, 6.07) is 9.47. The fourth-order valence-corrected chi connectivity index (χ4v) is 5.32. The first-order valence-corrected chi connectivity index (χ1v) is 14.3. The maximum atomic E-state index is 12.7. The summed E-state index contributed by atoms with van der Waals surface area (Å²) in [6.07, 6.45) is 2.61. The Kier molecular flexibility index (Phi) is 11.6. The molecule has 0 atom stereocenters. The highest BCUT2D eigenvalue weighted by Gasteiger charge is 2.32. The van der Waals surface area contributed by atoms with Crippen molar-refractivity contribution in [2.75, 3.05) is 0 Å². The molecule has 2 aromatic carbocycles. The Morgan fingerprint density at radius 3 is 1.09 bits per heavy atom. The first-order valence-electron chi connectivity index (χ1n) is 14.3. The predicted octanol–water partition coefficient (Wildman–Crippen LogP) is 4.10. The maximum Gasteiger partial charge on any atom is 0.308 e. The van der Waals surface area contributed by atoms with Gasteiger partial charge in [-0.05, 0) is 61.1 Å². The van der Waals surface area contributed by atoms with Crippen molar-refractivity contribution in [2.45, 2.75) is 92.4 Å². The van der Waals surface area contributed by atoms with E-state index in [9.17, 15) is 28.8 Å². The van der Waals surface area contributed by atoms with Gasteiger partial charge in [0.1, 0.15) is 0 Å². The molecule has 0 N–H and O–H groups in total. The molecule has 0 spiro atoms. The lowest BCUT2D eigenvalue weighted by Crippen LogP contribution is -2.46. The Hall–Kier alpha value is -4.74. The molecule has 12 heteroatoms. The fraction of sp³-hybridized carbons (Fsp3) is 0.438. The predicted molar refractivity (Wildman–Crippen MR) is 157 cm³/mol. The molecule has 1 aliphatic carbocycles. The lowest BCUT2D eigenvalue weighted by molar-refractivity contribution is -0.136. The molecule has 2 amide bonds. The van der Waals surface area contributed by atoms with Crippen LogP contribution >= 0.6 is 0 Å². The molecule has 12 nitrogen and oxygen atoms in total. The summed E-state index contributed by atoms with van der Waals surface area (Å²) < 4.78 is 20.7. The molecular weight excluding hydrogens is 572 g/mol. The van der Waals surface area contributed by atoms with Gasteiger partial charge < -0.3 is 28.7 Å². The molecular formula is C32H38N2O10. The van der Waals surface area contributed by atoms with Gasteiger partial charge in [-0.3, -0.25) is 28.8 Å². The van der Waals surface area contributed by atoms with Crippen molar-refractivity contribution in [1.82, 2.24) is 9.80 Å². The van der Waals surface area contributed by atoms with E-state index in [0.717, 1.165) is 0 Å². The summed E-state index contributed by atoms with van der Waals surface area (Å²) >= 11 is 0. The van der Waals surface area contributed by atoms with Crippen LogP contribution in [0.2, 0.25) is 0 Å². The van der Waals surface area contributed by atoms with Crippen LogP contribution in [0.4, 0.5) is 0 Å². The van der Waals surface area contributed by atoms with Gasteiger partial charge in [0, 0.05) is 66.7 Å². The van der Waals surface area contributed by atoms with Gasteiger partial charge in [-0.1, -0.05) is 12.1 Å². The number of hydrogen-bond donors (Lipinski definition) is 0. The molecule has 0 aliphatic heterocycles. The third-order valence-corrected chi connectivity index (χ3v) is 7.09. The van der Waals surface area contributed by atoms with Gasteiger partial charge in [0.15, 0.2) is 23.0 Å². The number of amides is 2.